The summed E-state index contributed by atoms with van der Waals surface area (Å²) >= 11 is 0. The standard InChI is InChI=1S/3C7H8N4O2.C7H10N4O.C7H9N3O.C7H11N3O.C6H6N4O2.2C6H5N3O3.C6H7N3O2.C5H3N3O3.C5H5N3O2/c1-11-2-4(12)10-7(13)5-6(11)9-3-8-5;1-11-4(12)2-8-7(13)5-6(11)10-3-9-5;1-11-2-4-5(9-3-8-4)6(12)10-7(11)13;1-11-3-2-8-7(12)5-6(11)10-4-9-5;11-7-6-5(9-4-10-6)2-1-3-8-7;1-3-8-7(11)6-5(2)9-4-10-6;1-10-6(12)4-3(5(11)9-10)7-2-8-4;10-3-1-12-6-4(5(11)9-3)7-2-8-6;10-5-4-3(7-2-8-4)1-12-6(11)9-5;10-5-4-6(9-3-8-4)11-2-1-7-5;9-3-2-4(7-1-6-2)11-5(10)8-3;9-4-3-5(7-1-6-3)10-2-8-4/h3H,2H2,1H3,(H,8,9)(H,10,12,13);3H,2H2,1H3,(H,8,13)(H,9,10);3H,2H2,1H3,(H,8,9)(H,10,12,13);4H,2-3H2,1H3,(H,8,12)(H,9,10);4H,1-3H2,(H,8,11)(H,9,10);4H,3H2,1-2H3,(H,8,11)(H,9,10);2H,1H3,(H,7,8)(H,9,11);2*2H,1H2,(H,7,8)(H,9,10,11);3H,1-2H2,(H,7,10)(H,8,9);1H,(H,6,7)(H,8,9,10);1H,2H2,(H,6,7)(H,8,9). The van der Waals surface area contributed by atoms with E-state index in [0.29, 0.717) is 107 Å². The van der Waals surface area contributed by atoms with E-state index >= 15 is 0 Å². The van der Waals surface area contributed by atoms with Crippen LogP contribution < -0.4 is 105 Å². The van der Waals surface area contributed by atoms with E-state index in [-0.39, 0.29) is 137 Å². The fourth-order valence-corrected chi connectivity index (χ4v) is 12.5. The monoisotopic (exact) mass is 1960 g/mol. The number of fused-ring (bicyclic) bond motifs is 11. The van der Waals surface area contributed by atoms with Gasteiger partial charge in [0.15, 0.2) is 70.3 Å². The molecule has 9 aliphatic heterocycles. The number of imide groups is 4. The molecule has 0 unspecified atom stereocenters. The van der Waals surface area contributed by atoms with Crippen LogP contribution in [0.5, 0.6) is 17.6 Å². The van der Waals surface area contributed by atoms with Gasteiger partial charge in [-0.15, -0.1) is 0 Å². The van der Waals surface area contributed by atoms with Crippen LogP contribution in [0.2, 0.25) is 0 Å². The summed E-state index contributed by atoms with van der Waals surface area (Å²) in [6.45, 7) is 8.14. The molecule has 0 aliphatic carbocycles. The number of hydrogen-bond acceptors (Lipinski definition) is 38. The third-order valence-corrected chi connectivity index (χ3v) is 19.4. The minimum absolute atomic E-state index is 0.0134. The molecule has 0 atom stereocenters. The molecule has 24 N–H and O–H groups in total. The number of carbonyl (C=O) groups is 15. The van der Waals surface area contributed by atoms with E-state index in [1.165, 1.54) is 86.4 Å². The first-order valence-electron chi connectivity index (χ1n) is 41.2. The van der Waals surface area contributed by atoms with Crippen LogP contribution in [-0.2, 0) is 45.7 Å². The molecule has 16 amide bonds. The molecule has 9 aliphatic rings. The van der Waals surface area contributed by atoms with Crippen LogP contribution in [0.3, 0.4) is 0 Å². The first kappa shape index (κ1) is 99.9. The van der Waals surface area contributed by atoms with Crippen molar-refractivity contribution in [2.24, 2.45) is 7.05 Å². The van der Waals surface area contributed by atoms with Crippen LogP contribution in [0.15, 0.2) is 99.5 Å². The predicted octanol–water partition coefficient (Wildman–Crippen LogP) is -5.90. The van der Waals surface area contributed by atoms with Gasteiger partial charge in [-0.2, -0.15) is 0 Å². The highest BCUT2D eigenvalue weighted by atomic mass is 16.6. The number of urea groups is 1. The van der Waals surface area contributed by atoms with Gasteiger partial charge in [0.25, 0.3) is 87.4 Å². The number of alkyl carbamates (subject to hydrolysis) is 1. The summed E-state index contributed by atoms with van der Waals surface area (Å²) in [4.78, 5) is 297. The largest absolute Gasteiger partial charge is 0.474 e. The third kappa shape index (κ3) is 25.4. The molecule has 65 heteroatoms. The van der Waals surface area contributed by atoms with Gasteiger partial charge in [0.05, 0.1) is 113 Å². The van der Waals surface area contributed by atoms with Crippen molar-refractivity contribution in [3.63, 3.8) is 0 Å². The number of nitrogens with zero attached hydrogens (tertiary/aromatic N) is 17. The van der Waals surface area contributed by atoms with Gasteiger partial charge >= 0.3 is 17.9 Å². The zero-order valence-corrected chi connectivity index (χ0v) is 74.7. The maximum absolute atomic E-state index is 11.3. The molecule has 0 saturated heterocycles. The molecule has 0 fully saturated rings. The van der Waals surface area contributed by atoms with E-state index in [9.17, 15) is 91.1 Å². The Bertz CT molecular complexity index is 7060. The molecule has 23 heterocycles. The van der Waals surface area contributed by atoms with Crippen LogP contribution in [-0.4, -0.2) is 322 Å². The molecule has 65 nitrogen and oxygen atoms in total. The Morgan fingerprint density at radius 3 is 1.62 bits per heavy atom. The third-order valence-electron chi connectivity index (χ3n) is 19.4. The Labute approximate surface area is 783 Å². The van der Waals surface area contributed by atoms with Gasteiger partial charge < -0.3 is 130 Å². The highest BCUT2D eigenvalue weighted by Gasteiger charge is 2.31. The van der Waals surface area contributed by atoms with E-state index in [4.69, 9.17) is 14.2 Å². The average Bonchev–Trinajstić information content (AvgIpc) is 1.68. The topological polar surface area (TPSA) is 888 Å². The minimum atomic E-state index is -0.797. The molecule has 0 radical (unpaired) electrons. The summed E-state index contributed by atoms with van der Waals surface area (Å²) in [6.07, 6.45) is 18.2. The number of rotatable bonds is 2. The average molecular weight is 1960 g/mol. The zero-order chi connectivity index (χ0) is 101. The van der Waals surface area contributed by atoms with Gasteiger partial charge in [-0.25, -0.2) is 74.2 Å². The predicted molar refractivity (Wildman–Crippen MR) is 474 cm³/mol. The fourth-order valence-electron chi connectivity index (χ4n) is 12.5. The van der Waals surface area contributed by atoms with E-state index in [0.717, 1.165) is 47.8 Å². The normalized spacial score (nSPS) is 14.9. The Balaban J connectivity index is 0.000000138. The molecule has 0 aromatic carbocycles. The summed E-state index contributed by atoms with van der Waals surface area (Å²) in [6, 6.07) is -0.406. The van der Waals surface area contributed by atoms with Gasteiger partial charge in [-0.3, -0.25) is 118 Å². The van der Waals surface area contributed by atoms with Crippen LogP contribution in [0, 0.1) is 6.92 Å². The van der Waals surface area contributed by atoms with Gasteiger partial charge in [-0.05, 0) is 26.7 Å². The van der Waals surface area contributed by atoms with Gasteiger partial charge in [0, 0.05) is 72.8 Å². The Morgan fingerprint density at radius 2 is 0.936 bits per heavy atom. The fraction of sp³-hybridized carbons (Fsp3) is 0.276. The number of aromatic amines is 14. The lowest BCUT2D eigenvalue weighted by molar-refractivity contribution is -0.122. The molecule has 0 spiro atoms. The second-order valence-corrected chi connectivity index (χ2v) is 28.9. The number of aryl methyl sites for hydroxylation is 3. The second kappa shape index (κ2) is 46.5. The summed E-state index contributed by atoms with van der Waals surface area (Å²) in [5.74, 6) is -2.03. The van der Waals surface area contributed by atoms with Crippen LogP contribution in [0.4, 0.5) is 27.0 Å². The van der Waals surface area contributed by atoms with E-state index in [1.807, 2.05) is 36.1 Å². The van der Waals surface area contributed by atoms with Gasteiger partial charge in [0.2, 0.25) is 29.5 Å². The van der Waals surface area contributed by atoms with Gasteiger partial charge in [0.1, 0.15) is 47.2 Å². The van der Waals surface area contributed by atoms with E-state index < -0.39 is 53.0 Å². The van der Waals surface area contributed by atoms with Crippen molar-refractivity contribution in [1.82, 2.24) is 192 Å². The number of nitrogens with one attached hydrogen (secondary N) is 24. The molecule has 23 rings (SSSR count). The Morgan fingerprint density at radius 1 is 0.418 bits per heavy atom. The minimum Gasteiger partial charge on any atom is -0.474 e. The quantitative estimate of drug-likeness (QED) is 0.0717. The van der Waals surface area contributed by atoms with E-state index in [1.54, 1.807) is 32.4 Å². The summed E-state index contributed by atoms with van der Waals surface area (Å²) in [5, 5.41) is 26.7. The highest BCUT2D eigenvalue weighted by Crippen LogP contribution is 2.22. The van der Waals surface area contributed by atoms with Gasteiger partial charge in [-0.1, -0.05) is 0 Å². The van der Waals surface area contributed by atoms with Crippen LogP contribution >= 0.6 is 0 Å². The Hall–Kier alpha value is -20.1. The summed E-state index contributed by atoms with van der Waals surface area (Å²) < 4.78 is 25.2. The molecule has 0 bridgehead atoms. The number of imidazole rings is 12. The van der Waals surface area contributed by atoms with Crippen molar-refractivity contribution in [2.45, 2.75) is 39.8 Å². The molecular formula is C76H85N41O24. The number of cyclic esters (lactones) is 1. The lowest BCUT2D eigenvalue weighted by atomic mass is 10.2. The number of anilines is 3. The molecule has 14 aromatic heterocycles. The highest BCUT2D eigenvalue weighted by molar-refractivity contribution is 6.10. The van der Waals surface area contributed by atoms with Crippen molar-refractivity contribution in [1.29, 1.82) is 0 Å². The number of ether oxygens (including phenoxy) is 4. The van der Waals surface area contributed by atoms with Crippen molar-refractivity contribution in [2.75, 3.05) is 109 Å². The van der Waals surface area contributed by atoms with Crippen LogP contribution in [0.1, 0.15) is 141 Å². The van der Waals surface area contributed by atoms with E-state index in [2.05, 4.69) is 182 Å². The summed E-state index contributed by atoms with van der Waals surface area (Å²) in [7, 11) is 8.29. The first-order valence-corrected chi connectivity index (χ1v) is 41.2. The maximum Gasteiger partial charge on any atom is 0.421 e. The second-order valence-electron chi connectivity index (χ2n) is 28.9. The SMILES string of the molecule is CCNC(=O)c1nc[nH]c1C.CN1C(=O)CNC(=O)c2[nH]cnc21.CN1CC(=O)NC(=O)c2[nH]cnc21.CN1CCNC(=O)c2[nH]cnc21.CN1Cc2[nH]cnc2C(=O)NC1=O.Cn1[nH]c(=O)c2nc[nH]c2c1=O.O=C1COc2nc[nH]c2C(=O)N1.O=C1NC(=O)c2nc[nH]c2CO1.O=C1NCCCc2[nH]cnc21.O=C1NCCOc2nc[nH]c21.O=C1NCOc2nc[nH]c21.O=c1[nH]c(=O)c2[nH]cnc2o1. The van der Waals surface area contributed by atoms with Crippen molar-refractivity contribution in [3.05, 3.63) is 197 Å². The molecule has 738 valence electrons. The maximum atomic E-state index is 11.3. The lowest BCUT2D eigenvalue weighted by Gasteiger charge is -2.12. The first-order chi connectivity index (χ1) is 67.7. The molecule has 0 saturated carbocycles. The zero-order valence-electron chi connectivity index (χ0n) is 74.7. The lowest BCUT2D eigenvalue weighted by Crippen LogP contribution is -2.37. The van der Waals surface area contributed by atoms with Crippen molar-refractivity contribution in [3.8, 4) is 17.6 Å². The number of likely N-dealkylation sites (N-methyl/N-ethyl adjacent to an activating group) is 3. The molecular weight excluding hydrogens is 1870 g/mol. The number of H-pyrrole nitrogens is 14. The molecule has 141 heavy (non-hydrogen) atoms. The Kier molecular flexibility index (Phi) is 32.9. The smallest absolute Gasteiger partial charge is 0.421 e. The number of amides is 16. The number of aromatic nitrogens is 27. The number of carbonyl (C=O) groups excluding carboxylic acids is 15. The van der Waals surface area contributed by atoms with Crippen LogP contribution in [0.25, 0.3) is 22.3 Å². The van der Waals surface area contributed by atoms with Crippen molar-refractivity contribution >= 4 is 129 Å². The number of hydrogen-bond donors (Lipinski definition) is 24. The summed E-state index contributed by atoms with van der Waals surface area (Å²) in [5.41, 5.74) is 6.06. The molecule has 14 aromatic rings. The van der Waals surface area contributed by atoms with Crippen molar-refractivity contribution < 1.29 is 95.3 Å².